The molecule has 0 fully saturated rings. The van der Waals surface area contributed by atoms with Gasteiger partial charge in [-0.3, -0.25) is 0 Å². The van der Waals surface area contributed by atoms with Crippen molar-refractivity contribution < 1.29 is 8.42 Å². The highest BCUT2D eigenvalue weighted by Crippen LogP contribution is 2.22. The van der Waals surface area contributed by atoms with Crippen LogP contribution in [0.2, 0.25) is 0 Å². The number of rotatable bonds is 5. The Morgan fingerprint density at radius 2 is 2.00 bits per heavy atom. The molecule has 1 aromatic carbocycles. The maximum atomic E-state index is 12.1. The van der Waals surface area contributed by atoms with Gasteiger partial charge < -0.3 is 5.73 Å². The summed E-state index contributed by atoms with van der Waals surface area (Å²) >= 11 is 1.64. The third-order valence-electron chi connectivity index (χ3n) is 2.30. The number of hydrogen-bond acceptors (Lipinski definition) is 4. The molecule has 0 aliphatic heterocycles. The van der Waals surface area contributed by atoms with Crippen molar-refractivity contribution in [2.24, 2.45) is 0 Å². The molecule has 0 spiro atoms. The second-order valence-corrected chi connectivity index (χ2v) is 8.04. The van der Waals surface area contributed by atoms with Crippen LogP contribution in [0.3, 0.4) is 0 Å². The van der Waals surface area contributed by atoms with Crippen molar-refractivity contribution in [3.63, 3.8) is 0 Å². The smallest absolute Gasteiger partial charge is 0.181 e. The van der Waals surface area contributed by atoms with Gasteiger partial charge in [0.2, 0.25) is 0 Å². The minimum absolute atomic E-state index is 0.142. The Morgan fingerprint density at radius 3 is 2.53 bits per heavy atom. The van der Waals surface area contributed by atoms with Gasteiger partial charge >= 0.3 is 0 Å². The van der Waals surface area contributed by atoms with E-state index in [0.29, 0.717) is 16.7 Å². The Labute approximate surface area is 108 Å². The van der Waals surface area contributed by atoms with E-state index < -0.39 is 9.84 Å². The molecule has 0 unspecified atom stereocenters. The Bertz CT molecular complexity index is 481. The molecule has 0 atom stereocenters. The van der Waals surface area contributed by atoms with Gasteiger partial charge in [0.15, 0.2) is 9.84 Å². The summed E-state index contributed by atoms with van der Waals surface area (Å²) in [5.74, 6) is 0.746. The minimum atomic E-state index is -3.25. The first kappa shape index (κ1) is 14.4. The Balaban J connectivity index is 2.83. The van der Waals surface area contributed by atoms with Crippen molar-refractivity contribution in [1.82, 2.24) is 0 Å². The van der Waals surface area contributed by atoms with Crippen molar-refractivity contribution in [3.05, 3.63) is 23.8 Å². The van der Waals surface area contributed by atoms with Gasteiger partial charge in [0.1, 0.15) is 0 Å². The molecule has 0 saturated heterocycles. The fourth-order valence-corrected chi connectivity index (χ4v) is 4.10. The van der Waals surface area contributed by atoms with Gasteiger partial charge in [0, 0.05) is 5.75 Å². The maximum Gasteiger partial charge on any atom is 0.181 e. The van der Waals surface area contributed by atoms with Crippen LogP contribution < -0.4 is 5.73 Å². The van der Waals surface area contributed by atoms with Crippen molar-refractivity contribution in [2.75, 3.05) is 17.2 Å². The van der Waals surface area contributed by atoms with Gasteiger partial charge in [-0.25, -0.2) is 8.42 Å². The molecule has 2 N–H and O–H groups in total. The molecule has 3 nitrogen and oxygen atoms in total. The van der Waals surface area contributed by atoms with Crippen molar-refractivity contribution in [3.8, 4) is 0 Å². The molecule has 0 heterocycles. The average Bonchev–Trinajstić information content (AvgIpc) is 2.15. The second-order valence-electron chi connectivity index (χ2n) is 4.28. The zero-order valence-corrected chi connectivity index (χ0v) is 12.1. The van der Waals surface area contributed by atoms with Crippen LogP contribution in [-0.2, 0) is 9.84 Å². The van der Waals surface area contributed by atoms with Crippen LogP contribution in [0.5, 0.6) is 0 Å². The van der Waals surface area contributed by atoms with Gasteiger partial charge in [0.25, 0.3) is 0 Å². The molecule has 0 aliphatic rings. The number of nitrogen functional groups attached to an aromatic ring is 1. The molecular weight excluding hydrogens is 254 g/mol. The highest BCUT2D eigenvalue weighted by molar-refractivity contribution is 8.01. The Kier molecular flexibility index (Phi) is 4.89. The lowest BCUT2D eigenvalue weighted by Gasteiger charge is -2.09. The number of anilines is 1. The molecule has 5 heteroatoms. The van der Waals surface area contributed by atoms with E-state index in [1.807, 2.05) is 6.92 Å². The van der Waals surface area contributed by atoms with Crippen LogP contribution in [0.4, 0.5) is 5.69 Å². The van der Waals surface area contributed by atoms with Gasteiger partial charge in [-0.15, -0.1) is 0 Å². The minimum Gasteiger partial charge on any atom is -0.398 e. The average molecular weight is 273 g/mol. The lowest BCUT2D eigenvalue weighted by Crippen LogP contribution is -2.12. The fraction of sp³-hybridized carbons (Fsp3) is 0.500. The van der Waals surface area contributed by atoms with Crippen molar-refractivity contribution in [1.29, 1.82) is 0 Å². The highest BCUT2D eigenvalue weighted by Gasteiger charge is 2.17. The third kappa shape index (κ3) is 4.24. The SMILES string of the molecule is Cc1ccc(S(=O)(=O)CCSC(C)C)c(N)c1. The summed E-state index contributed by atoms with van der Waals surface area (Å²) in [5, 5.41) is 0.445. The molecule has 17 heavy (non-hydrogen) atoms. The normalized spacial score (nSPS) is 12.0. The van der Waals surface area contributed by atoms with Gasteiger partial charge in [-0.2, -0.15) is 11.8 Å². The van der Waals surface area contributed by atoms with Crippen LogP contribution >= 0.6 is 11.8 Å². The van der Waals surface area contributed by atoms with E-state index in [4.69, 9.17) is 5.73 Å². The van der Waals surface area contributed by atoms with Gasteiger partial charge in [-0.1, -0.05) is 19.9 Å². The molecule has 0 aromatic heterocycles. The van der Waals surface area contributed by atoms with Crippen molar-refractivity contribution >= 4 is 27.3 Å². The number of benzene rings is 1. The molecule has 0 saturated carbocycles. The van der Waals surface area contributed by atoms with E-state index in [9.17, 15) is 8.42 Å². The van der Waals surface area contributed by atoms with E-state index in [1.165, 1.54) is 0 Å². The molecule has 1 aromatic rings. The molecule has 0 radical (unpaired) electrons. The van der Waals surface area contributed by atoms with E-state index in [2.05, 4.69) is 13.8 Å². The monoisotopic (exact) mass is 273 g/mol. The highest BCUT2D eigenvalue weighted by atomic mass is 32.2. The molecule has 0 aliphatic carbocycles. The number of aryl methyl sites for hydroxylation is 1. The lowest BCUT2D eigenvalue weighted by atomic mass is 10.2. The lowest BCUT2D eigenvalue weighted by molar-refractivity contribution is 0.598. The van der Waals surface area contributed by atoms with Gasteiger partial charge in [-0.05, 0) is 29.9 Å². The summed E-state index contributed by atoms with van der Waals surface area (Å²) in [6.07, 6.45) is 0. The number of nitrogens with two attached hydrogens (primary N) is 1. The summed E-state index contributed by atoms with van der Waals surface area (Å²) in [6.45, 7) is 6.00. The molecule has 96 valence electrons. The summed E-state index contributed by atoms with van der Waals surface area (Å²) in [4.78, 5) is 0.257. The quantitative estimate of drug-likeness (QED) is 0.837. The standard InChI is InChI=1S/C12H19NO2S2/c1-9(2)16-6-7-17(14,15)12-5-4-10(3)8-11(12)13/h4-5,8-9H,6-7,13H2,1-3H3. The van der Waals surface area contributed by atoms with E-state index >= 15 is 0 Å². The molecule has 1 rings (SSSR count). The van der Waals surface area contributed by atoms with Crippen molar-refractivity contribution in [2.45, 2.75) is 30.9 Å². The number of thioether (sulfide) groups is 1. The second kappa shape index (κ2) is 5.78. The largest absolute Gasteiger partial charge is 0.398 e. The third-order valence-corrected chi connectivity index (χ3v) is 5.45. The number of hydrogen-bond donors (Lipinski definition) is 1. The van der Waals surface area contributed by atoms with Crippen LogP contribution in [0.25, 0.3) is 0 Å². The molecular formula is C12H19NO2S2. The maximum absolute atomic E-state index is 12.1. The van der Waals surface area contributed by atoms with Crippen LogP contribution in [-0.4, -0.2) is 25.2 Å². The predicted molar refractivity (Wildman–Crippen MR) is 75.2 cm³/mol. The first-order valence-electron chi connectivity index (χ1n) is 5.53. The zero-order chi connectivity index (χ0) is 13.1. The Morgan fingerprint density at radius 1 is 1.35 bits per heavy atom. The van der Waals surface area contributed by atoms with Crippen LogP contribution in [0, 0.1) is 6.92 Å². The Hall–Kier alpha value is -0.680. The van der Waals surface area contributed by atoms with E-state index in [1.54, 1.807) is 30.0 Å². The molecule has 0 bridgehead atoms. The first-order chi connectivity index (χ1) is 7.83. The summed E-state index contributed by atoms with van der Waals surface area (Å²) in [7, 11) is -3.25. The van der Waals surface area contributed by atoms with Crippen LogP contribution in [0.15, 0.2) is 23.1 Å². The summed E-state index contributed by atoms with van der Waals surface area (Å²) < 4.78 is 24.1. The molecule has 0 amide bonds. The summed E-state index contributed by atoms with van der Waals surface area (Å²) in [6, 6.07) is 5.07. The van der Waals surface area contributed by atoms with E-state index in [0.717, 1.165) is 5.56 Å². The van der Waals surface area contributed by atoms with Gasteiger partial charge in [0.05, 0.1) is 16.3 Å². The first-order valence-corrected chi connectivity index (χ1v) is 8.23. The zero-order valence-electron chi connectivity index (χ0n) is 10.4. The number of sulfone groups is 1. The van der Waals surface area contributed by atoms with E-state index in [-0.39, 0.29) is 10.6 Å². The van der Waals surface area contributed by atoms with Crippen LogP contribution in [0.1, 0.15) is 19.4 Å². The fourth-order valence-electron chi connectivity index (χ4n) is 1.45. The summed E-state index contributed by atoms with van der Waals surface area (Å²) in [5.41, 5.74) is 7.07. The topological polar surface area (TPSA) is 60.2 Å². The predicted octanol–water partition coefficient (Wildman–Crippen LogP) is 2.49.